The lowest BCUT2D eigenvalue weighted by Crippen LogP contribution is -2.13. The normalized spacial score (nSPS) is 10.8. The Balaban J connectivity index is 1.59. The van der Waals surface area contributed by atoms with E-state index in [0.29, 0.717) is 0 Å². The van der Waals surface area contributed by atoms with Gasteiger partial charge in [-0.05, 0) is 59.8 Å². The minimum atomic E-state index is 0.960. The average molecular weight is 362 g/mol. The molecule has 0 fully saturated rings. The van der Waals surface area contributed by atoms with Gasteiger partial charge >= 0.3 is 0 Å². The van der Waals surface area contributed by atoms with E-state index >= 15 is 0 Å². The van der Waals surface area contributed by atoms with Gasteiger partial charge in [0.25, 0.3) is 0 Å². The van der Waals surface area contributed by atoms with Gasteiger partial charge in [-0.25, -0.2) is 0 Å². The molecular formula is C24H27NS. The number of hydrogen-bond donors (Lipinski definition) is 1. The Hall–Kier alpha value is -2.03. The van der Waals surface area contributed by atoms with Crippen LogP contribution in [0.15, 0.2) is 77.7 Å². The van der Waals surface area contributed by atoms with E-state index in [0.717, 1.165) is 18.8 Å². The van der Waals surface area contributed by atoms with Crippen molar-refractivity contribution in [3.8, 4) is 11.1 Å². The van der Waals surface area contributed by atoms with Crippen molar-refractivity contribution in [2.75, 3.05) is 6.54 Å². The van der Waals surface area contributed by atoms with Crippen LogP contribution in [0.3, 0.4) is 0 Å². The van der Waals surface area contributed by atoms with Crippen molar-refractivity contribution in [3.63, 3.8) is 0 Å². The molecule has 134 valence electrons. The molecule has 0 unspecified atom stereocenters. The topological polar surface area (TPSA) is 12.0 Å². The first kappa shape index (κ1) is 18.8. The molecule has 26 heavy (non-hydrogen) atoms. The fraction of sp³-hybridized carbons (Fsp3) is 0.250. The Kier molecular flexibility index (Phi) is 6.93. The molecule has 0 bridgehead atoms. The summed E-state index contributed by atoms with van der Waals surface area (Å²) in [5, 5.41) is 3.45. The Labute approximate surface area is 161 Å². The first-order chi connectivity index (χ1) is 12.8. The Morgan fingerprint density at radius 1 is 0.846 bits per heavy atom. The van der Waals surface area contributed by atoms with Crippen molar-refractivity contribution in [2.24, 2.45) is 0 Å². The quantitative estimate of drug-likeness (QED) is 0.365. The summed E-state index contributed by atoms with van der Waals surface area (Å²) >= 11 is 1.90. The lowest BCUT2D eigenvalue weighted by Gasteiger charge is -2.09. The second-order valence-electron chi connectivity index (χ2n) is 6.62. The van der Waals surface area contributed by atoms with Crippen molar-refractivity contribution < 1.29 is 0 Å². The number of rotatable bonds is 8. The smallest absolute Gasteiger partial charge is 0.0231 e. The van der Waals surface area contributed by atoms with Crippen LogP contribution in [0.1, 0.15) is 30.0 Å². The SMILES string of the molecule is CCCNCc1ccc(CSc2ccc(-c3ccccc3)c(C)c2)cc1. The summed E-state index contributed by atoms with van der Waals surface area (Å²) < 4.78 is 0. The summed E-state index contributed by atoms with van der Waals surface area (Å²) in [6.07, 6.45) is 1.18. The third kappa shape index (κ3) is 5.23. The Morgan fingerprint density at radius 2 is 1.58 bits per heavy atom. The van der Waals surface area contributed by atoms with Crippen LogP contribution in [-0.2, 0) is 12.3 Å². The van der Waals surface area contributed by atoms with Gasteiger partial charge in [-0.3, -0.25) is 0 Å². The first-order valence-corrected chi connectivity index (χ1v) is 10.3. The molecule has 3 aromatic rings. The highest BCUT2D eigenvalue weighted by Crippen LogP contribution is 2.29. The van der Waals surface area contributed by atoms with E-state index in [2.05, 4.69) is 92.0 Å². The van der Waals surface area contributed by atoms with Crippen LogP contribution in [0.4, 0.5) is 0 Å². The minimum absolute atomic E-state index is 0.960. The van der Waals surface area contributed by atoms with E-state index in [1.807, 2.05) is 11.8 Å². The molecule has 0 aliphatic heterocycles. The van der Waals surface area contributed by atoms with Crippen LogP contribution in [0.5, 0.6) is 0 Å². The monoisotopic (exact) mass is 361 g/mol. The fourth-order valence-corrected chi connectivity index (χ4v) is 3.95. The van der Waals surface area contributed by atoms with Gasteiger partial charge in [0.1, 0.15) is 0 Å². The van der Waals surface area contributed by atoms with Crippen LogP contribution < -0.4 is 5.32 Å². The maximum Gasteiger partial charge on any atom is 0.0231 e. The Bertz CT molecular complexity index is 809. The van der Waals surface area contributed by atoms with Gasteiger partial charge in [-0.15, -0.1) is 11.8 Å². The highest BCUT2D eigenvalue weighted by atomic mass is 32.2. The lowest BCUT2D eigenvalue weighted by atomic mass is 10.0. The molecule has 0 aliphatic carbocycles. The van der Waals surface area contributed by atoms with E-state index < -0.39 is 0 Å². The highest BCUT2D eigenvalue weighted by molar-refractivity contribution is 7.98. The van der Waals surface area contributed by atoms with Crippen LogP contribution in [0.2, 0.25) is 0 Å². The van der Waals surface area contributed by atoms with E-state index in [-0.39, 0.29) is 0 Å². The maximum atomic E-state index is 3.45. The molecule has 0 spiro atoms. The van der Waals surface area contributed by atoms with Crippen molar-refractivity contribution in [1.29, 1.82) is 0 Å². The number of aryl methyl sites for hydroxylation is 1. The molecule has 0 saturated carbocycles. The molecular weight excluding hydrogens is 334 g/mol. The van der Waals surface area contributed by atoms with Crippen molar-refractivity contribution >= 4 is 11.8 Å². The van der Waals surface area contributed by atoms with Gasteiger partial charge in [0.15, 0.2) is 0 Å². The van der Waals surface area contributed by atoms with Crippen LogP contribution in [-0.4, -0.2) is 6.54 Å². The summed E-state index contributed by atoms with van der Waals surface area (Å²) in [7, 11) is 0. The number of thioether (sulfide) groups is 1. The molecule has 0 heterocycles. The molecule has 0 radical (unpaired) electrons. The van der Waals surface area contributed by atoms with E-state index in [4.69, 9.17) is 0 Å². The third-order valence-corrected chi connectivity index (χ3v) is 5.53. The van der Waals surface area contributed by atoms with Gasteiger partial charge < -0.3 is 5.32 Å². The van der Waals surface area contributed by atoms with Gasteiger partial charge in [-0.1, -0.05) is 67.6 Å². The zero-order valence-corrected chi connectivity index (χ0v) is 16.5. The van der Waals surface area contributed by atoms with Gasteiger partial charge in [-0.2, -0.15) is 0 Å². The van der Waals surface area contributed by atoms with E-state index in [1.165, 1.54) is 39.1 Å². The molecule has 0 aliphatic rings. The number of hydrogen-bond acceptors (Lipinski definition) is 2. The minimum Gasteiger partial charge on any atom is -0.313 e. The highest BCUT2D eigenvalue weighted by Gasteiger charge is 2.04. The predicted octanol–water partition coefficient (Wildman–Crippen LogP) is 6.45. The molecule has 0 amide bonds. The van der Waals surface area contributed by atoms with E-state index in [1.54, 1.807) is 0 Å². The standard InChI is InChI=1S/C24H27NS/c1-3-15-25-17-20-9-11-21(12-10-20)18-26-23-13-14-24(19(2)16-23)22-7-5-4-6-8-22/h4-14,16,25H,3,15,17-18H2,1-2H3. The first-order valence-electron chi connectivity index (χ1n) is 9.33. The van der Waals surface area contributed by atoms with Crippen molar-refractivity contribution in [3.05, 3.63) is 89.5 Å². The number of nitrogens with one attached hydrogen (secondary N) is 1. The molecule has 1 nitrogen and oxygen atoms in total. The average Bonchev–Trinajstić information content (AvgIpc) is 2.68. The lowest BCUT2D eigenvalue weighted by molar-refractivity contribution is 0.675. The molecule has 1 N–H and O–H groups in total. The molecule has 3 rings (SSSR count). The fourth-order valence-electron chi connectivity index (χ4n) is 3.00. The van der Waals surface area contributed by atoms with Crippen molar-refractivity contribution in [1.82, 2.24) is 5.32 Å². The van der Waals surface area contributed by atoms with Crippen LogP contribution in [0, 0.1) is 6.92 Å². The maximum absolute atomic E-state index is 3.45. The van der Waals surface area contributed by atoms with Crippen LogP contribution in [0.25, 0.3) is 11.1 Å². The number of benzene rings is 3. The summed E-state index contributed by atoms with van der Waals surface area (Å²) in [6, 6.07) is 26.4. The zero-order chi connectivity index (χ0) is 18.2. The summed E-state index contributed by atoms with van der Waals surface area (Å²) in [6.45, 7) is 6.43. The largest absolute Gasteiger partial charge is 0.313 e. The summed E-state index contributed by atoms with van der Waals surface area (Å²) in [5.74, 6) is 1.01. The van der Waals surface area contributed by atoms with Crippen molar-refractivity contribution in [2.45, 2.75) is 37.5 Å². The second kappa shape index (κ2) is 9.61. The van der Waals surface area contributed by atoms with Gasteiger partial charge in [0.05, 0.1) is 0 Å². The van der Waals surface area contributed by atoms with Crippen LogP contribution >= 0.6 is 11.8 Å². The molecule has 0 saturated heterocycles. The molecule has 0 atom stereocenters. The Morgan fingerprint density at radius 3 is 2.27 bits per heavy atom. The van der Waals surface area contributed by atoms with E-state index in [9.17, 15) is 0 Å². The van der Waals surface area contributed by atoms with Gasteiger partial charge in [0.2, 0.25) is 0 Å². The second-order valence-corrected chi connectivity index (χ2v) is 7.67. The molecule has 2 heteroatoms. The third-order valence-electron chi connectivity index (χ3n) is 4.47. The summed E-state index contributed by atoms with van der Waals surface area (Å²) in [5.41, 5.74) is 6.67. The summed E-state index contributed by atoms with van der Waals surface area (Å²) in [4.78, 5) is 1.33. The zero-order valence-electron chi connectivity index (χ0n) is 15.7. The predicted molar refractivity (Wildman–Crippen MR) is 115 cm³/mol. The molecule has 3 aromatic carbocycles. The van der Waals surface area contributed by atoms with Gasteiger partial charge in [0, 0.05) is 17.2 Å². The molecule has 0 aromatic heterocycles.